The first-order valence-electron chi connectivity index (χ1n) is 6.36. The van der Waals surface area contributed by atoms with Crippen molar-refractivity contribution >= 4 is 10.0 Å². The summed E-state index contributed by atoms with van der Waals surface area (Å²) in [5.74, 6) is 0. The van der Waals surface area contributed by atoms with Crippen molar-refractivity contribution in [2.45, 2.75) is 37.0 Å². The monoisotopic (exact) mass is 262 g/mol. The molecular formula is C11H22N2O3S. The standard InChI is InChI=1S/C11H22N2O3S/c1-16-8-7-13(10-4-5-10)17(14,15)11-3-2-6-12-9-11/h10-12H,2-9H2,1H3. The minimum atomic E-state index is -3.14. The van der Waals surface area contributed by atoms with Crippen LogP contribution in [0.5, 0.6) is 0 Å². The summed E-state index contributed by atoms with van der Waals surface area (Å²) in [5.41, 5.74) is 0. The van der Waals surface area contributed by atoms with E-state index in [-0.39, 0.29) is 11.3 Å². The predicted octanol–water partition coefficient (Wildman–Crippen LogP) is 0.179. The molecule has 5 nitrogen and oxygen atoms in total. The van der Waals surface area contributed by atoms with Gasteiger partial charge in [-0.15, -0.1) is 0 Å². The van der Waals surface area contributed by atoms with Gasteiger partial charge in [-0.05, 0) is 32.2 Å². The van der Waals surface area contributed by atoms with Gasteiger partial charge in [0.15, 0.2) is 0 Å². The molecule has 0 radical (unpaired) electrons. The van der Waals surface area contributed by atoms with Crippen molar-refractivity contribution in [2.24, 2.45) is 0 Å². The van der Waals surface area contributed by atoms with Crippen molar-refractivity contribution < 1.29 is 13.2 Å². The van der Waals surface area contributed by atoms with Gasteiger partial charge in [0.05, 0.1) is 11.9 Å². The van der Waals surface area contributed by atoms with Crippen LogP contribution < -0.4 is 5.32 Å². The van der Waals surface area contributed by atoms with Crippen molar-refractivity contribution in [1.29, 1.82) is 0 Å². The molecule has 0 aromatic heterocycles. The lowest BCUT2D eigenvalue weighted by molar-refractivity contribution is 0.176. The second-order valence-corrected chi connectivity index (χ2v) is 7.01. The predicted molar refractivity (Wildman–Crippen MR) is 66.4 cm³/mol. The van der Waals surface area contributed by atoms with Crippen LogP contribution in [0, 0.1) is 0 Å². The molecule has 100 valence electrons. The molecule has 1 unspecified atom stereocenters. The first-order valence-corrected chi connectivity index (χ1v) is 7.87. The Hall–Kier alpha value is -0.170. The van der Waals surface area contributed by atoms with Gasteiger partial charge in [0, 0.05) is 26.2 Å². The van der Waals surface area contributed by atoms with Crippen molar-refractivity contribution in [1.82, 2.24) is 9.62 Å². The molecular weight excluding hydrogens is 240 g/mol. The third kappa shape index (κ3) is 3.19. The van der Waals surface area contributed by atoms with E-state index in [1.54, 1.807) is 11.4 Å². The van der Waals surface area contributed by atoms with Gasteiger partial charge in [-0.2, -0.15) is 4.31 Å². The number of hydrogen-bond donors (Lipinski definition) is 1. The van der Waals surface area contributed by atoms with Crippen molar-refractivity contribution in [3.8, 4) is 0 Å². The van der Waals surface area contributed by atoms with Gasteiger partial charge in [-0.3, -0.25) is 0 Å². The topological polar surface area (TPSA) is 58.6 Å². The molecule has 0 aromatic carbocycles. The first-order chi connectivity index (χ1) is 8.16. The number of hydrogen-bond acceptors (Lipinski definition) is 4. The summed E-state index contributed by atoms with van der Waals surface area (Å²) in [6.07, 6.45) is 3.74. The Morgan fingerprint density at radius 3 is 2.65 bits per heavy atom. The lowest BCUT2D eigenvalue weighted by atomic mass is 10.2. The second kappa shape index (κ2) is 5.65. The number of nitrogens with zero attached hydrogens (tertiary/aromatic N) is 1. The number of ether oxygens (including phenoxy) is 1. The molecule has 17 heavy (non-hydrogen) atoms. The number of piperidine rings is 1. The van der Waals surface area contributed by atoms with Crippen molar-refractivity contribution in [3.05, 3.63) is 0 Å². The van der Waals surface area contributed by atoms with Crippen LogP contribution in [-0.4, -0.2) is 57.4 Å². The van der Waals surface area contributed by atoms with E-state index in [0.29, 0.717) is 19.7 Å². The lowest BCUT2D eigenvalue weighted by Crippen LogP contribution is -2.47. The summed E-state index contributed by atoms with van der Waals surface area (Å²) in [7, 11) is -1.53. The number of sulfonamides is 1. The Morgan fingerprint density at radius 1 is 1.35 bits per heavy atom. The summed E-state index contributed by atoms with van der Waals surface area (Å²) >= 11 is 0. The second-order valence-electron chi connectivity index (χ2n) is 4.85. The summed E-state index contributed by atoms with van der Waals surface area (Å²) in [4.78, 5) is 0. The van der Waals surface area contributed by atoms with Gasteiger partial charge < -0.3 is 10.1 Å². The summed E-state index contributed by atoms with van der Waals surface area (Å²) in [5, 5.41) is 2.93. The van der Waals surface area contributed by atoms with E-state index in [1.165, 1.54) is 0 Å². The van der Waals surface area contributed by atoms with E-state index in [4.69, 9.17) is 4.74 Å². The molecule has 0 amide bonds. The molecule has 1 heterocycles. The highest BCUT2D eigenvalue weighted by Gasteiger charge is 2.41. The van der Waals surface area contributed by atoms with Crippen LogP contribution in [0.25, 0.3) is 0 Å². The molecule has 1 saturated heterocycles. The van der Waals surface area contributed by atoms with Crippen LogP contribution in [0.2, 0.25) is 0 Å². The molecule has 1 N–H and O–H groups in total. The van der Waals surface area contributed by atoms with Gasteiger partial charge in [-0.1, -0.05) is 0 Å². The average Bonchev–Trinajstić information content (AvgIpc) is 3.15. The van der Waals surface area contributed by atoms with Crippen LogP contribution in [0.1, 0.15) is 25.7 Å². The van der Waals surface area contributed by atoms with Crippen LogP contribution in [0.3, 0.4) is 0 Å². The Labute approximate surface area is 104 Å². The smallest absolute Gasteiger partial charge is 0.218 e. The molecule has 1 aliphatic heterocycles. The van der Waals surface area contributed by atoms with Gasteiger partial charge in [-0.25, -0.2) is 8.42 Å². The first kappa shape index (κ1) is 13.3. The molecule has 0 spiro atoms. The van der Waals surface area contributed by atoms with Crippen LogP contribution >= 0.6 is 0 Å². The van der Waals surface area contributed by atoms with Gasteiger partial charge in [0.1, 0.15) is 0 Å². The molecule has 0 aromatic rings. The Bertz CT molecular complexity index is 335. The molecule has 1 atom stereocenters. The minimum Gasteiger partial charge on any atom is -0.383 e. The maximum absolute atomic E-state index is 12.5. The summed E-state index contributed by atoms with van der Waals surface area (Å²) < 4.78 is 31.7. The molecule has 6 heteroatoms. The third-order valence-electron chi connectivity index (χ3n) is 3.47. The SMILES string of the molecule is COCCN(C1CC1)S(=O)(=O)C1CCCNC1. The van der Waals surface area contributed by atoms with E-state index in [2.05, 4.69) is 5.32 Å². The Morgan fingerprint density at radius 2 is 2.12 bits per heavy atom. The molecule has 2 fully saturated rings. The zero-order chi connectivity index (χ0) is 12.3. The summed E-state index contributed by atoms with van der Waals surface area (Å²) in [6.45, 7) is 2.52. The largest absolute Gasteiger partial charge is 0.383 e. The van der Waals surface area contributed by atoms with E-state index >= 15 is 0 Å². The zero-order valence-corrected chi connectivity index (χ0v) is 11.2. The number of nitrogens with one attached hydrogen (secondary N) is 1. The van der Waals surface area contributed by atoms with E-state index in [0.717, 1.165) is 32.2 Å². The fourth-order valence-electron chi connectivity index (χ4n) is 2.33. The van der Waals surface area contributed by atoms with Crippen LogP contribution in [0.4, 0.5) is 0 Å². The minimum absolute atomic E-state index is 0.233. The average molecular weight is 262 g/mol. The van der Waals surface area contributed by atoms with Gasteiger partial charge >= 0.3 is 0 Å². The number of rotatable bonds is 6. The highest BCUT2D eigenvalue weighted by Crippen LogP contribution is 2.31. The fraction of sp³-hybridized carbons (Fsp3) is 1.00. The van der Waals surface area contributed by atoms with E-state index < -0.39 is 10.0 Å². The molecule has 0 bridgehead atoms. The van der Waals surface area contributed by atoms with Crippen molar-refractivity contribution in [3.63, 3.8) is 0 Å². The highest BCUT2D eigenvalue weighted by atomic mass is 32.2. The van der Waals surface area contributed by atoms with Crippen LogP contribution in [0.15, 0.2) is 0 Å². The Kier molecular flexibility index (Phi) is 4.41. The Balaban J connectivity index is 2.04. The quantitative estimate of drug-likeness (QED) is 0.742. The maximum Gasteiger partial charge on any atom is 0.218 e. The van der Waals surface area contributed by atoms with Gasteiger partial charge in [0.25, 0.3) is 0 Å². The fourth-order valence-corrected chi connectivity index (χ4v) is 4.46. The third-order valence-corrected chi connectivity index (χ3v) is 5.85. The summed E-state index contributed by atoms with van der Waals surface area (Å²) in [6, 6.07) is 0.233. The molecule has 1 aliphatic carbocycles. The highest BCUT2D eigenvalue weighted by molar-refractivity contribution is 7.89. The van der Waals surface area contributed by atoms with Crippen LogP contribution in [-0.2, 0) is 14.8 Å². The normalized spacial score (nSPS) is 26.4. The van der Waals surface area contributed by atoms with E-state index in [1.807, 2.05) is 0 Å². The zero-order valence-electron chi connectivity index (χ0n) is 10.4. The molecule has 2 rings (SSSR count). The lowest BCUT2D eigenvalue weighted by Gasteiger charge is -2.29. The van der Waals surface area contributed by atoms with Crippen molar-refractivity contribution in [2.75, 3.05) is 33.4 Å². The maximum atomic E-state index is 12.5. The van der Waals surface area contributed by atoms with Gasteiger partial charge in [0.2, 0.25) is 10.0 Å². The van der Waals surface area contributed by atoms with E-state index in [9.17, 15) is 8.42 Å². The molecule has 1 saturated carbocycles. The molecule has 2 aliphatic rings. The number of methoxy groups -OCH3 is 1.